The smallest absolute Gasteiger partial charge is 0.0307 e. The van der Waals surface area contributed by atoms with Crippen LogP contribution in [0.15, 0.2) is 28.7 Å². The minimum absolute atomic E-state index is 1.07. The third kappa shape index (κ3) is 3.14. The minimum atomic E-state index is 1.07. The van der Waals surface area contributed by atoms with Gasteiger partial charge in [0.1, 0.15) is 0 Å². The Kier molecular flexibility index (Phi) is 4.35. The van der Waals surface area contributed by atoms with Crippen molar-refractivity contribution in [3.63, 3.8) is 0 Å². The van der Waals surface area contributed by atoms with E-state index in [2.05, 4.69) is 86.7 Å². The molecule has 0 aliphatic rings. The molecule has 2 aromatic rings. The van der Waals surface area contributed by atoms with Gasteiger partial charge in [-0.15, -0.1) is 0 Å². The van der Waals surface area contributed by atoms with Crippen molar-refractivity contribution in [2.24, 2.45) is 0 Å². The summed E-state index contributed by atoms with van der Waals surface area (Å²) in [6.45, 7) is 10.6. The highest BCUT2D eigenvalue weighted by molar-refractivity contribution is 9.10. The van der Waals surface area contributed by atoms with Crippen molar-refractivity contribution in [1.82, 2.24) is 0 Å². The summed E-state index contributed by atoms with van der Waals surface area (Å²) in [6, 6.07) is 8.63. The van der Waals surface area contributed by atoms with E-state index in [4.69, 9.17) is 0 Å². The van der Waals surface area contributed by atoms with E-state index >= 15 is 0 Å². The zero-order valence-electron chi connectivity index (χ0n) is 12.7. The summed E-state index contributed by atoms with van der Waals surface area (Å²) < 4.78 is 1.17. The first-order valence-electron chi connectivity index (χ1n) is 6.75. The highest BCUT2D eigenvalue weighted by atomic mass is 79.9. The summed E-state index contributed by atoms with van der Waals surface area (Å²) >= 11 is 3.59. The second kappa shape index (κ2) is 5.85. The summed E-state index contributed by atoms with van der Waals surface area (Å²) in [6.07, 6.45) is 0. The van der Waals surface area contributed by atoms with Gasteiger partial charge in [0, 0.05) is 15.6 Å². The standard InChI is InChI=1S/C19H19Br/c1-12-8-13(2)18(14(3)9-12)7-6-17-10-15(4)19(20)16(5)11-17/h8-11H,1-5H3. The van der Waals surface area contributed by atoms with E-state index in [9.17, 15) is 0 Å². The molecular formula is C19H19Br. The lowest BCUT2D eigenvalue weighted by molar-refractivity contribution is 1.29. The first kappa shape index (κ1) is 14.9. The maximum Gasteiger partial charge on any atom is 0.0307 e. The van der Waals surface area contributed by atoms with Crippen molar-refractivity contribution in [3.8, 4) is 11.8 Å². The summed E-state index contributed by atoms with van der Waals surface area (Å²) in [4.78, 5) is 0. The van der Waals surface area contributed by atoms with E-state index in [-0.39, 0.29) is 0 Å². The van der Waals surface area contributed by atoms with E-state index in [0.717, 1.165) is 11.1 Å². The van der Waals surface area contributed by atoms with E-state index in [1.807, 2.05) is 0 Å². The lowest BCUT2D eigenvalue weighted by atomic mass is 9.99. The van der Waals surface area contributed by atoms with Gasteiger partial charge in [-0.05, 0) is 69.0 Å². The molecule has 0 heterocycles. The molecule has 0 aliphatic heterocycles. The van der Waals surface area contributed by atoms with Crippen LogP contribution in [0.1, 0.15) is 38.9 Å². The van der Waals surface area contributed by atoms with Gasteiger partial charge in [0.25, 0.3) is 0 Å². The molecule has 0 radical (unpaired) electrons. The Morgan fingerprint density at radius 3 is 1.70 bits per heavy atom. The molecule has 0 bridgehead atoms. The molecule has 0 N–H and O–H groups in total. The molecule has 0 amide bonds. The molecule has 0 saturated carbocycles. The lowest BCUT2D eigenvalue weighted by Crippen LogP contribution is -1.90. The maximum atomic E-state index is 3.59. The molecule has 102 valence electrons. The fourth-order valence-corrected chi connectivity index (χ4v) is 2.76. The fraction of sp³-hybridized carbons (Fsp3) is 0.263. The van der Waals surface area contributed by atoms with Crippen molar-refractivity contribution in [1.29, 1.82) is 0 Å². The summed E-state index contributed by atoms with van der Waals surface area (Å²) in [5.41, 5.74) is 8.47. The largest absolute Gasteiger partial charge is 0.0616 e. The van der Waals surface area contributed by atoms with Crippen LogP contribution in [0.25, 0.3) is 0 Å². The van der Waals surface area contributed by atoms with Gasteiger partial charge < -0.3 is 0 Å². The Bertz CT molecular complexity index is 681. The van der Waals surface area contributed by atoms with Crippen LogP contribution < -0.4 is 0 Å². The fourth-order valence-electron chi connectivity index (χ4n) is 2.53. The molecule has 0 unspecified atom stereocenters. The average molecular weight is 327 g/mol. The minimum Gasteiger partial charge on any atom is -0.0616 e. The second-order valence-electron chi connectivity index (χ2n) is 5.45. The first-order valence-corrected chi connectivity index (χ1v) is 7.54. The van der Waals surface area contributed by atoms with Crippen LogP contribution in [-0.4, -0.2) is 0 Å². The Morgan fingerprint density at radius 1 is 0.700 bits per heavy atom. The molecule has 0 atom stereocenters. The van der Waals surface area contributed by atoms with Crippen LogP contribution in [0.3, 0.4) is 0 Å². The molecule has 2 aromatic carbocycles. The van der Waals surface area contributed by atoms with Gasteiger partial charge in [-0.25, -0.2) is 0 Å². The van der Waals surface area contributed by atoms with Crippen LogP contribution in [0.2, 0.25) is 0 Å². The molecule has 0 aliphatic carbocycles. The Labute approximate surface area is 130 Å². The van der Waals surface area contributed by atoms with Gasteiger partial charge in [-0.3, -0.25) is 0 Å². The predicted octanol–water partition coefficient (Wildman–Crippen LogP) is 5.39. The molecule has 0 nitrogen and oxygen atoms in total. The molecule has 2 rings (SSSR count). The van der Waals surface area contributed by atoms with Gasteiger partial charge in [0.15, 0.2) is 0 Å². The second-order valence-corrected chi connectivity index (χ2v) is 6.24. The SMILES string of the molecule is Cc1cc(C)c(C#Cc2cc(C)c(Br)c(C)c2)c(C)c1. The maximum absolute atomic E-state index is 3.59. The number of hydrogen-bond acceptors (Lipinski definition) is 0. The van der Waals surface area contributed by atoms with Crippen LogP contribution in [0.4, 0.5) is 0 Å². The highest BCUT2D eigenvalue weighted by Crippen LogP contribution is 2.22. The van der Waals surface area contributed by atoms with Crippen LogP contribution in [0.5, 0.6) is 0 Å². The Morgan fingerprint density at radius 2 is 1.20 bits per heavy atom. The molecule has 1 heteroatoms. The molecule has 0 aromatic heterocycles. The molecular weight excluding hydrogens is 308 g/mol. The van der Waals surface area contributed by atoms with Crippen molar-refractivity contribution >= 4 is 15.9 Å². The van der Waals surface area contributed by atoms with Crippen molar-refractivity contribution in [2.45, 2.75) is 34.6 Å². The van der Waals surface area contributed by atoms with Crippen molar-refractivity contribution in [3.05, 3.63) is 67.7 Å². The average Bonchev–Trinajstić information content (AvgIpc) is 2.34. The summed E-state index contributed by atoms with van der Waals surface area (Å²) in [7, 11) is 0. The van der Waals surface area contributed by atoms with E-state index < -0.39 is 0 Å². The van der Waals surface area contributed by atoms with Gasteiger partial charge in [-0.1, -0.05) is 45.5 Å². The summed E-state index contributed by atoms with van der Waals surface area (Å²) in [5.74, 6) is 6.63. The van der Waals surface area contributed by atoms with Crippen LogP contribution in [-0.2, 0) is 0 Å². The monoisotopic (exact) mass is 326 g/mol. The zero-order chi connectivity index (χ0) is 14.9. The van der Waals surface area contributed by atoms with Gasteiger partial charge in [0.05, 0.1) is 0 Å². The molecule has 0 fully saturated rings. The lowest BCUT2D eigenvalue weighted by Gasteiger charge is -2.05. The Hall–Kier alpha value is -1.52. The van der Waals surface area contributed by atoms with Gasteiger partial charge in [0.2, 0.25) is 0 Å². The molecule has 0 spiro atoms. The Balaban J connectivity index is 2.47. The van der Waals surface area contributed by atoms with E-state index in [0.29, 0.717) is 0 Å². The first-order chi connectivity index (χ1) is 9.38. The predicted molar refractivity (Wildman–Crippen MR) is 90.2 cm³/mol. The van der Waals surface area contributed by atoms with E-state index in [1.165, 1.54) is 32.3 Å². The number of halogens is 1. The normalized spacial score (nSPS) is 10.1. The third-order valence-electron chi connectivity index (χ3n) is 3.45. The van der Waals surface area contributed by atoms with Crippen LogP contribution in [0, 0.1) is 46.5 Å². The summed E-state index contributed by atoms with van der Waals surface area (Å²) in [5, 5.41) is 0. The number of rotatable bonds is 0. The highest BCUT2D eigenvalue weighted by Gasteiger charge is 2.02. The number of aryl methyl sites for hydroxylation is 5. The van der Waals surface area contributed by atoms with Crippen LogP contribution >= 0.6 is 15.9 Å². The quantitative estimate of drug-likeness (QED) is 0.569. The molecule has 0 saturated heterocycles. The molecule has 20 heavy (non-hydrogen) atoms. The topological polar surface area (TPSA) is 0 Å². The zero-order valence-corrected chi connectivity index (χ0v) is 14.3. The number of hydrogen-bond donors (Lipinski definition) is 0. The van der Waals surface area contributed by atoms with Gasteiger partial charge >= 0.3 is 0 Å². The number of benzene rings is 2. The van der Waals surface area contributed by atoms with E-state index in [1.54, 1.807) is 0 Å². The van der Waals surface area contributed by atoms with Crippen molar-refractivity contribution < 1.29 is 0 Å². The van der Waals surface area contributed by atoms with Crippen molar-refractivity contribution in [2.75, 3.05) is 0 Å². The third-order valence-corrected chi connectivity index (χ3v) is 4.70. The van der Waals surface area contributed by atoms with Gasteiger partial charge in [-0.2, -0.15) is 0 Å².